The summed E-state index contributed by atoms with van der Waals surface area (Å²) in [5.41, 5.74) is 5.25. The van der Waals surface area contributed by atoms with Crippen LogP contribution in [0.5, 0.6) is 0 Å². The lowest BCUT2D eigenvalue weighted by Gasteiger charge is -2.47. The van der Waals surface area contributed by atoms with Crippen LogP contribution < -0.4 is 10.6 Å². The van der Waals surface area contributed by atoms with Crippen molar-refractivity contribution in [2.75, 3.05) is 6.54 Å². The predicted molar refractivity (Wildman–Crippen MR) is 132 cm³/mol. The topological polar surface area (TPSA) is 58.2 Å². The summed E-state index contributed by atoms with van der Waals surface area (Å²) in [6.45, 7) is 15.8. The van der Waals surface area contributed by atoms with E-state index in [-0.39, 0.29) is 28.7 Å². The molecule has 2 aliphatic rings. The highest BCUT2D eigenvalue weighted by atomic mass is 16.2. The second-order valence-corrected chi connectivity index (χ2v) is 11.4. The summed E-state index contributed by atoms with van der Waals surface area (Å²) < 4.78 is 0. The van der Waals surface area contributed by atoms with E-state index in [2.05, 4.69) is 58.3 Å². The van der Waals surface area contributed by atoms with Crippen LogP contribution in [0.4, 0.5) is 0 Å². The van der Waals surface area contributed by atoms with Crippen molar-refractivity contribution in [2.24, 2.45) is 16.7 Å². The molecule has 0 heterocycles. The molecule has 3 atom stereocenters. The minimum Gasteiger partial charge on any atom is -0.352 e. The molecule has 4 heteroatoms. The summed E-state index contributed by atoms with van der Waals surface area (Å²) in [5, 5.41) is 6.49. The van der Waals surface area contributed by atoms with Gasteiger partial charge in [0.1, 0.15) is 0 Å². The van der Waals surface area contributed by atoms with E-state index in [4.69, 9.17) is 0 Å². The van der Waals surface area contributed by atoms with Crippen molar-refractivity contribution in [1.82, 2.24) is 10.6 Å². The number of amides is 2. The maximum atomic E-state index is 12.9. The molecular formula is C28H40N2O2. The van der Waals surface area contributed by atoms with E-state index >= 15 is 0 Å². The van der Waals surface area contributed by atoms with Gasteiger partial charge >= 0.3 is 0 Å². The normalized spacial score (nSPS) is 27.2. The Balaban J connectivity index is 1.65. The number of benzene rings is 1. The molecule has 0 radical (unpaired) electrons. The zero-order valence-electron chi connectivity index (χ0n) is 20.9. The van der Waals surface area contributed by atoms with Crippen molar-refractivity contribution in [3.63, 3.8) is 0 Å². The third-order valence-corrected chi connectivity index (χ3v) is 7.37. The highest BCUT2D eigenvalue weighted by molar-refractivity contribution is 5.95. The SMILES string of the molecule is CC1=CC=C(C(=O)NCC2(C)CC(NC(=O)c3ccc(C)c(C)c3)CC(C)(C)C2)CC1C. The summed E-state index contributed by atoms with van der Waals surface area (Å²) in [6, 6.07) is 5.97. The number of allylic oxidation sites excluding steroid dienone is 3. The quantitative estimate of drug-likeness (QED) is 0.627. The highest BCUT2D eigenvalue weighted by Crippen LogP contribution is 2.46. The fraction of sp³-hybridized carbons (Fsp3) is 0.571. The monoisotopic (exact) mass is 436 g/mol. The van der Waals surface area contributed by atoms with Crippen LogP contribution in [0.2, 0.25) is 0 Å². The van der Waals surface area contributed by atoms with Crippen LogP contribution in [0.25, 0.3) is 0 Å². The molecule has 2 aliphatic carbocycles. The summed E-state index contributed by atoms with van der Waals surface area (Å²) >= 11 is 0. The van der Waals surface area contributed by atoms with E-state index in [1.165, 1.54) is 11.1 Å². The number of aryl methyl sites for hydroxylation is 2. The molecule has 3 rings (SSSR count). The van der Waals surface area contributed by atoms with E-state index < -0.39 is 0 Å². The molecule has 2 amide bonds. The maximum Gasteiger partial charge on any atom is 0.251 e. The van der Waals surface area contributed by atoms with Gasteiger partial charge in [-0.25, -0.2) is 0 Å². The standard InChI is InChI=1S/C28H40N2O2/c1-18-8-10-22(12-20(18)3)25(31)29-17-28(7)15-24(14-27(5,6)16-28)30-26(32)23-11-9-19(2)21(4)13-23/h8-11,13,20,24H,12,14-17H2,1-7H3,(H,29,31)(H,30,32). The van der Waals surface area contributed by atoms with Crippen molar-refractivity contribution in [1.29, 1.82) is 0 Å². The Labute approximate surface area is 193 Å². The van der Waals surface area contributed by atoms with Crippen LogP contribution in [0, 0.1) is 30.6 Å². The summed E-state index contributed by atoms with van der Waals surface area (Å²) in [7, 11) is 0. The van der Waals surface area contributed by atoms with Gasteiger partial charge in [0.2, 0.25) is 5.91 Å². The van der Waals surface area contributed by atoms with Gasteiger partial charge in [0.15, 0.2) is 0 Å². The highest BCUT2D eigenvalue weighted by Gasteiger charge is 2.42. The largest absolute Gasteiger partial charge is 0.352 e. The minimum atomic E-state index is -0.0643. The zero-order chi connectivity index (χ0) is 23.7. The fourth-order valence-electron chi connectivity index (χ4n) is 5.55. The molecule has 1 saturated carbocycles. The first-order chi connectivity index (χ1) is 14.9. The van der Waals surface area contributed by atoms with Crippen molar-refractivity contribution >= 4 is 11.8 Å². The molecule has 4 nitrogen and oxygen atoms in total. The van der Waals surface area contributed by atoms with E-state index in [1.54, 1.807) is 0 Å². The third-order valence-electron chi connectivity index (χ3n) is 7.37. The summed E-state index contributed by atoms with van der Waals surface area (Å²) in [5.74, 6) is 0.446. The Morgan fingerprint density at radius 1 is 1.00 bits per heavy atom. The van der Waals surface area contributed by atoms with Gasteiger partial charge < -0.3 is 10.6 Å². The molecule has 0 saturated heterocycles. The van der Waals surface area contributed by atoms with Gasteiger partial charge in [0.25, 0.3) is 5.91 Å². The van der Waals surface area contributed by atoms with Gasteiger partial charge in [-0.05, 0) is 86.5 Å². The van der Waals surface area contributed by atoms with E-state index in [0.717, 1.165) is 36.8 Å². The van der Waals surface area contributed by atoms with Crippen molar-refractivity contribution in [2.45, 2.75) is 80.2 Å². The van der Waals surface area contributed by atoms with E-state index in [1.807, 2.05) is 31.2 Å². The second-order valence-electron chi connectivity index (χ2n) is 11.4. The van der Waals surface area contributed by atoms with Gasteiger partial charge in [0, 0.05) is 23.7 Å². The van der Waals surface area contributed by atoms with Gasteiger partial charge in [-0.15, -0.1) is 0 Å². The van der Waals surface area contributed by atoms with Crippen molar-refractivity contribution in [3.8, 4) is 0 Å². The van der Waals surface area contributed by atoms with Crippen LogP contribution in [0.1, 0.15) is 81.8 Å². The molecule has 1 aromatic rings. The molecule has 0 bridgehead atoms. The van der Waals surface area contributed by atoms with Crippen LogP contribution in [0.15, 0.2) is 41.5 Å². The number of nitrogens with one attached hydrogen (secondary N) is 2. The third kappa shape index (κ3) is 5.90. The smallest absolute Gasteiger partial charge is 0.251 e. The van der Waals surface area contributed by atoms with Crippen LogP contribution >= 0.6 is 0 Å². The van der Waals surface area contributed by atoms with Gasteiger partial charge in [-0.1, -0.05) is 51.5 Å². The fourth-order valence-corrected chi connectivity index (χ4v) is 5.55. The molecule has 3 unspecified atom stereocenters. The molecule has 0 aromatic heterocycles. The molecule has 2 N–H and O–H groups in total. The van der Waals surface area contributed by atoms with Crippen molar-refractivity contribution in [3.05, 3.63) is 58.2 Å². The lowest BCUT2D eigenvalue weighted by atomic mass is 9.62. The Hall–Kier alpha value is -2.36. The number of rotatable bonds is 5. The molecule has 174 valence electrons. The molecule has 1 aromatic carbocycles. The Bertz CT molecular complexity index is 956. The molecule has 0 aliphatic heterocycles. The van der Waals surface area contributed by atoms with Crippen molar-refractivity contribution < 1.29 is 9.59 Å². The van der Waals surface area contributed by atoms with E-state index in [9.17, 15) is 9.59 Å². The Morgan fingerprint density at radius 3 is 2.38 bits per heavy atom. The first kappa shape index (κ1) is 24.3. The molecular weight excluding hydrogens is 396 g/mol. The van der Waals surface area contributed by atoms with Gasteiger partial charge in [0.05, 0.1) is 0 Å². The minimum absolute atomic E-state index is 0.00862. The van der Waals surface area contributed by atoms with Crippen LogP contribution in [0.3, 0.4) is 0 Å². The van der Waals surface area contributed by atoms with Crippen LogP contribution in [-0.4, -0.2) is 24.4 Å². The predicted octanol–water partition coefficient (Wildman–Crippen LogP) is 5.65. The first-order valence-electron chi connectivity index (χ1n) is 11.9. The first-order valence-corrected chi connectivity index (χ1v) is 11.9. The lowest BCUT2D eigenvalue weighted by molar-refractivity contribution is -0.118. The number of carbonyl (C=O) groups is 2. The summed E-state index contributed by atoms with van der Waals surface area (Å²) in [4.78, 5) is 25.8. The zero-order valence-corrected chi connectivity index (χ0v) is 20.9. The Kier molecular flexibility index (Phi) is 7.02. The number of carbonyl (C=O) groups excluding carboxylic acids is 2. The van der Waals surface area contributed by atoms with Gasteiger partial charge in [-0.3, -0.25) is 9.59 Å². The lowest BCUT2D eigenvalue weighted by Crippen LogP contribution is -2.50. The number of hydrogen-bond donors (Lipinski definition) is 2. The number of hydrogen-bond acceptors (Lipinski definition) is 2. The molecule has 1 fully saturated rings. The summed E-state index contributed by atoms with van der Waals surface area (Å²) in [6.07, 6.45) is 7.65. The second kappa shape index (κ2) is 9.25. The van der Waals surface area contributed by atoms with Gasteiger partial charge in [-0.2, -0.15) is 0 Å². The average Bonchev–Trinajstić information content (AvgIpc) is 2.68. The molecule has 32 heavy (non-hydrogen) atoms. The average molecular weight is 437 g/mol. The molecule has 0 spiro atoms. The van der Waals surface area contributed by atoms with E-state index in [0.29, 0.717) is 18.0 Å². The maximum absolute atomic E-state index is 12.9. The van der Waals surface area contributed by atoms with Crippen LogP contribution in [-0.2, 0) is 4.79 Å². The Morgan fingerprint density at radius 2 is 1.72 bits per heavy atom.